The predicted octanol–water partition coefficient (Wildman–Crippen LogP) is 2.21. The van der Waals surface area contributed by atoms with E-state index >= 15 is 0 Å². The number of likely N-dealkylation sites (N-methyl/N-ethyl adjacent to an activating group) is 1. The number of hydrogen-bond donors (Lipinski definition) is 0. The lowest BCUT2D eigenvalue weighted by Gasteiger charge is -2.27. The summed E-state index contributed by atoms with van der Waals surface area (Å²) in [5, 5.41) is 0. The zero-order valence-corrected chi connectivity index (χ0v) is 15.7. The topological polar surface area (TPSA) is 49.9 Å². The average Bonchev–Trinajstić information content (AvgIpc) is 2.93. The number of sulfonamides is 1. The van der Waals surface area contributed by atoms with Crippen LogP contribution in [0.25, 0.3) is 0 Å². The maximum Gasteiger partial charge on any atom is 0.246 e. The third-order valence-electron chi connectivity index (χ3n) is 4.76. The third kappa shape index (κ3) is 3.54. The van der Waals surface area contributed by atoms with E-state index < -0.39 is 10.0 Å². The Morgan fingerprint density at radius 1 is 1.26 bits per heavy atom. The van der Waals surface area contributed by atoms with Gasteiger partial charge < -0.3 is 9.64 Å². The first kappa shape index (κ1) is 18.2. The fourth-order valence-electron chi connectivity index (χ4n) is 3.30. The first-order chi connectivity index (χ1) is 10.7. The zero-order valence-electron chi connectivity index (χ0n) is 14.9. The van der Waals surface area contributed by atoms with Crippen molar-refractivity contribution < 1.29 is 13.2 Å². The van der Waals surface area contributed by atoms with Crippen LogP contribution < -0.4 is 4.74 Å². The molecule has 1 aliphatic rings. The molecule has 1 heterocycles. The maximum absolute atomic E-state index is 13.1. The van der Waals surface area contributed by atoms with Crippen LogP contribution in [0.3, 0.4) is 0 Å². The lowest BCUT2D eigenvalue weighted by Crippen LogP contribution is -2.37. The molecule has 5 nitrogen and oxygen atoms in total. The largest absolute Gasteiger partial charge is 0.495 e. The smallest absolute Gasteiger partial charge is 0.246 e. The molecular formula is C17H28N2O3S. The molecule has 0 saturated carbocycles. The summed E-state index contributed by atoms with van der Waals surface area (Å²) in [6, 6.07) is 5.52. The van der Waals surface area contributed by atoms with Gasteiger partial charge in [0.25, 0.3) is 0 Å². The molecule has 0 radical (unpaired) electrons. The van der Waals surface area contributed by atoms with Crippen LogP contribution in [-0.4, -0.2) is 58.0 Å². The van der Waals surface area contributed by atoms with Crippen molar-refractivity contribution in [2.45, 2.75) is 31.7 Å². The fourth-order valence-corrected chi connectivity index (χ4v) is 5.03. The van der Waals surface area contributed by atoms with Crippen molar-refractivity contribution in [1.82, 2.24) is 9.21 Å². The lowest BCUT2D eigenvalue weighted by atomic mass is 9.91. The van der Waals surface area contributed by atoms with Gasteiger partial charge in [0.05, 0.1) is 7.11 Å². The molecular weight excluding hydrogens is 312 g/mol. The molecule has 0 bridgehead atoms. The van der Waals surface area contributed by atoms with Crippen LogP contribution in [0.1, 0.15) is 19.4 Å². The second kappa shape index (κ2) is 6.79. The molecule has 1 saturated heterocycles. The van der Waals surface area contributed by atoms with Gasteiger partial charge in [-0.15, -0.1) is 0 Å². The van der Waals surface area contributed by atoms with Crippen LogP contribution >= 0.6 is 0 Å². The second-order valence-electron chi connectivity index (χ2n) is 6.92. The van der Waals surface area contributed by atoms with E-state index in [1.807, 2.05) is 27.1 Å². The van der Waals surface area contributed by atoms with Crippen molar-refractivity contribution in [2.24, 2.45) is 11.8 Å². The summed E-state index contributed by atoms with van der Waals surface area (Å²) in [5.41, 5.74) is 0.910. The fraction of sp³-hybridized carbons (Fsp3) is 0.647. The second-order valence-corrected chi connectivity index (χ2v) is 8.82. The summed E-state index contributed by atoms with van der Waals surface area (Å²) < 4.78 is 33.1. The molecule has 0 spiro atoms. The van der Waals surface area contributed by atoms with E-state index in [4.69, 9.17) is 4.74 Å². The van der Waals surface area contributed by atoms with Crippen molar-refractivity contribution in [1.29, 1.82) is 0 Å². The van der Waals surface area contributed by atoms with Crippen molar-refractivity contribution in [2.75, 3.05) is 34.3 Å². The highest BCUT2D eigenvalue weighted by Gasteiger charge is 2.42. The molecule has 6 heteroatoms. The highest BCUT2D eigenvalue weighted by molar-refractivity contribution is 7.89. The monoisotopic (exact) mass is 340 g/mol. The van der Waals surface area contributed by atoms with Crippen LogP contribution in [0.2, 0.25) is 0 Å². The van der Waals surface area contributed by atoms with Crippen LogP contribution in [0.15, 0.2) is 23.1 Å². The molecule has 0 aromatic heterocycles. The Labute approximate surface area is 140 Å². The van der Waals surface area contributed by atoms with Gasteiger partial charge in [0.2, 0.25) is 10.0 Å². The normalized spacial score (nSPS) is 23.0. The van der Waals surface area contributed by atoms with Crippen molar-refractivity contribution in [3.8, 4) is 5.75 Å². The molecule has 23 heavy (non-hydrogen) atoms. The van der Waals surface area contributed by atoms with Crippen molar-refractivity contribution in [3.63, 3.8) is 0 Å². The Balaban J connectivity index is 2.40. The Kier molecular flexibility index (Phi) is 5.38. The number of aryl methyl sites for hydroxylation is 1. The van der Waals surface area contributed by atoms with E-state index in [0.29, 0.717) is 30.7 Å². The summed E-state index contributed by atoms with van der Waals surface area (Å²) in [7, 11) is 1.99. The Morgan fingerprint density at radius 2 is 1.91 bits per heavy atom. The minimum atomic E-state index is -3.56. The van der Waals surface area contributed by atoms with Crippen LogP contribution in [0, 0.1) is 18.8 Å². The molecule has 1 aliphatic heterocycles. The molecule has 0 aliphatic carbocycles. The molecule has 0 amide bonds. The van der Waals surface area contributed by atoms with Gasteiger partial charge in [-0.25, -0.2) is 8.42 Å². The van der Waals surface area contributed by atoms with Gasteiger partial charge in [0.1, 0.15) is 10.6 Å². The van der Waals surface area contributed by atoms with E-state index in [9.17, 15) is 8.42 Å². The highest BCUT2D eigenvalue weighted by Crippen LogP contribution is 2.34. The van der Waals surface area contributed by atoms with Crippen LogP contribution in [0.4, 0.5) is 0 Å². The average molecular weight is 340 g/mol. The Hall–Kier alpha value is -1.11. The summed E-state index contributed by atoms with van der Waals surface area (Å²) in [4.78, 5) is 2.40. The zero-order chi connectivity index (χ0) is 17.4. The minimum Gasteiger partial charge on any atom is -0.495 e. The van der Waals surface area contributed by atoms with Gasteiger partial charge in [0.15, 0.2) is 0 Å². The standard InChI is InChI=1S/C17H28N2O3S/c1-12(2)14-10-19(11-15(14)18(4)5)23(20,21)17-9-13(3)7-8-16(17)22-6/h7-9,12,14-15H,10-11H2,1-6H3/t14-,15+/m0/s1. The van der Waals surface area contributed by atoms with E-state index in [1.54, 1.807) is 16.4 Å². The van der Waals surface area contributed by atoms with Crippen LogP contribution in [0.5, 0.6) is 5.75 Å². The molecule has 0 unspecified atom stereocenters. The van der Waals surface area contributed by atoms with Crippen LogP contribution in [-0.2, 0) is 10.0 Å². The third-order valence-corrected chi connectivity index (χ3v) is 6.61. The first-order valence-electron chi connectivity index (χ1n) is 7.99. The van der Waals surface area contributed by atoms with Gasteiger partial charge in [-0.1, -0.05) is 19.9 Å². The lowest BCUT2D eigenvalue weighted by molar-refractivity contribution is 0.216. The molecule has 2 rings (SSSR count). The molecule has 1 fully saturated rings. The van der Waals surface area contributed by atoms with Crippen molar-refractivity contribution in [3.05, 3.63) is 23.8 Å². The Bertz CT molecular complexity index is 640. The maximum atomic E-state index is 13.1. The molecule has 130 valence electrons. The van der Waals surface area contributed by atoms with Gasteiger partial charge in [-0.3, -0.25) is 0 Å². The van der Waals surface area contributed by atoms with E-state index in [1.165, 1.54) is 7.11 Å². The molecule has 2 atom stereocenters. The van der Waals surface area contributed by atoms with Crippen molar-refractivity contribution >= 4 is 10.0 Å². The number of benzene rings is 1. The predicted molar refractivity (Wildman–Crippen MR) is 92.3 cm³/mol. The number of methoxy groups -OCH3 is 1. The molecule has 1 aromatic rings. The van der Waals surface area contributed by atoms with E-state index in [2.05, 4.69) is 18.7 Å². The SMILES string of the molecule is COc1ccc(C)cc1S(=O)(=O)N1C[C@@H](N(C)C)[C@H](C(C)C)C1. The summed E-state index contributed by atoms with van der Waals surface area (Å²) >= 11 is 0. The first-order valence-corrected chi connectivity index (χ1v) is 9.43. The van der Waals surface area contributed by atoms with Gasteiger partial charge in [0, 0.05) is 19.1 Å². The van der Waals surface area contributed by atoms with Gasteiger partial charge in [-0.05, 0) is 50.6 Å². The number of rotatable bonds is 5. The van der Waals surface area contributed by atoms with E-state index in [0.717, 1.165) is 5.56 Å². The summed E-state index contributed by atoms with van der Waals surface area (Å²) in [6.07, 6.45) is 0. The molecule has 0 N–H and O–H groups in total. The van der Waals surface area contributed by atoms with Gasteiger partial charge >= 0.3 is 0 Å². The number of nitrogens with zero attached hydrogens (tertiary/aromatic N) is 2. The highest BCUT2D eigenvalue weighted by atomic mass is 32.2. The van der Waals surface area contributed by atoms with Gasteiger partial charge in [-0.2, -0.15) is 4.31 Å². The minimum absolute atomic E-state index is 0.237. The molecule has 1 aromatic carbocycles. The summed E-state index contributed by atoms with van der Waals surface area (Å²) in [6.45, 7) is 7.28. The number of hydrogen-bond acceptors (Lipinski definition) is 4. The number of ether oxygens (including phenoxy) is 1. The van der Waals surface area contributed by atoms with E-state index in [-0.39, 0.29) is 10.9 Å². The Morgan fingerprint density at radius 3 is 2.39 bits per heavy atom. The summed E-state index contributed by atoms with van der Waals surface area (Å²) in [5.74, 6) is 1.17. The quantitative estimate of drug-likeness (QED) is 0.825.